The van der Waals surface area contributed by atoms with Crippen LogP contribution in [0.15, 0.2) is 18.2 Å². The molecule has 0 saturated carbocycles. The van der Waals surface area contributed by atoms with Gasteiger partial charge in [0, 0.05) is 7.11 Å². The summed E-state index contributed by atoms with van der Waals surface area (Å²) in [5, 5.41) is 8.96. The van der Waals surface area contributed by atoms with E-state index in [0.29, 0.717) is 12.1 Å². The summed E-state index contributed by atoms with van der Waals surface area (Å²) in [5.74, 6) is -1.29. The highest BCUT2D eigenvalue weighted by Crippen LogP contribution is 2.20. The van der Waals surface area contributed by atoms with Crippen LogP contribution in [-0.4, -0.2) is 38.5 Å². The topological polar surface area (TPSA) is 92.7 Å². The molecule has 2 N–H and O–H groups in total. The van der Waals surface area contributed by atoms with E-state index in [2.05, 4.69) is 4.72 Å². The van der Waals surface area contributed by atoms with Crippen molar-refractivity contribution in [3.63, 3.8) is 0 Å². The lowest BCUT2D eigenvalue weighted by Gasteiger charge is -2.15. The second kappa shape index (κ2) is 6.71. The minimum Gasteiger partial charge on any atom is -0.478 e. The molecule has 1 unspecified atom stereocenters. The van der Waals surface area contributed by atoms with Crippen LogP contribution in [0.4, 0.5) is 5.69 Å². The Morgan fingerprint density at radius 3 is 2.60 bits per heavy atom. The number of sulfonamides is 1. The molecule has 0 spiro atoms. The minimum absolute atomic E-state index is 0.0414. The maximum absolute atomic E-state index is 12.0. The van der Waals surface area contributed by atoms with Gasteiger partial charge < -0.3 is 9.84 Å². The Morgan fingerprint density at radius 2 is 2.10 bits per heavy atom. The molecule has 0 fully saturated rings. The van der Waals surface area contributed by atoms with Crippen molar-refractivity contribution >= 4 is 21.7 Å². The van der Waals surface area contributed by atoms with E-state index in [1.807, 2.05) is 6.92 Å². The van der Waals surface area contributed by atoms with Crippen LogP contribution in [0.2, 0.25) is 0 Å². The molecule has 112 valence electrons. The molecule has 0 aliphatic heterocycles. The van der Waals surface area contributed by atoms with E-state index in [-0.39, 0.29) is 11.3 Å². The predicted octanol–water partition coefficient (Wildman–Crippen LogP) is 1.72. The lowest BCUT2D eigenvalue weighted by molar-refractivity contribution is 0.0697. The third-order valence-electron chi connectivity index (χ3n) is 2.86. The largest absolute Gasteiger partial charge is 0.478 e. The highest BCUT2D eigenvalue weighted by atomic mass is 32.2. The Balaban J connectivity index is 3.06. The SMILES string of the molecule is CCc1ccc(C(=O)O)cc1NS(=O)(=O)CC(C)OC. The quantitative estimate of drug-likeness (QED) is 0.800. The number of hydrogen-bond acceptors (Lipinski definition) is 4. The molecule has 20 heavy (non-hydrogen) atoms. The van der Waals surface area contributed by atoms with Gasteiger partial charge in [-0.3, -0.25) is 4.72 Å². The summed E-state index contributed by atoms with van der Waals surface area (Å²) in [4.78, 5) is 10.9. The lowest BCUT2D eigenvalue weighted by atomic mass is 10.1. The molecule has 0 bridgehead atoms. The number of nitrogens with one attached hydrogen (secondary N) is 1. The number of methoxy groups -OCH3 is 1. The Hall–Kier alpha value is -1.60. The summed E-state index contributed by atoms with van der Waals surface area (Å²) in [6, 6.07) is 4.40. The van der Waals surface area contributed by atoms with E-state index in [1.54, 1.807) is 13.0 Å². The molecule has 1 atom stereocenters. The molecule has 1 aromatic rings. The fourth-order valence-corrected chi connectivity index (χ4v) is 3.06. The standard InChI is InChI=1S/C13H19NO5S/c1-4-10-5-6-11(13(15)16)7-12(10)14-20(17,18)8-9(2)19-3/h5-7,9,14H,4,8H2,1-3H3,(H,15,16). The van der Waals surface area contributed by atoms with Gasteiger partial charge in [0.25, 0.3) is 0 Å². The molecular weight excluding hydrogens is 282 g/mol. The van der Waals surface area contributed by atoms with E-state index in [4.69, 9.17) is 9.84 Å². The number of carbonyl (C=O) groups is 1. The summed E-state index contributed by atoms with van der Waals surface area (Å²) in [5.41, 5.74) is 1.08. The first-order chi connectivity index (χ1) is 9.29. The zero-order valence-corrected chi connectivity index (χ0v) is 12.5. The van der Waals surface area contributed by atoms with E-state index in [9.17, 15) is 13.2 Å². The normalized spacial score (nSPS) is 12.9. The number of carboxylic acid groups (broad SMARTS) is 1. The molecular formula is C13H19NO5S. The summed E-state index contributed by atoms with van der Waals surface area (Å²) in [6.07, 6.45) is 0.151. The number of hydrogen-bond donors (Lipinski definition) is 2. The van der Waals surface area contributed by atoms with Crippen LogP contribution in [0, 0.1) is 0 Å². The van der Waals surface area contributed by atoms with E-state index < -0.39 is 22.1 Å². The fourth-order valence-electron chi connectivity index (χ4n) is 1.70. The van der Waals surface area contributed by atoms with Crippen LogP contribution < -0.4 is 4.72 Å². The van der Waals surface area contributed by atoms with Gasteiger partial charge in [0.2, 0.25) is 10.0 Å². The van der Waals surface area contributed by atoms with Crippen molar-refractivity contribution in [2.45, 2.75) is 26.4 Å². The molecule has 7 heteroatoms. The molecule has 1 rings (SSSR count). The molecule has 0 heterocycles. The number of aromatic carboxylic acids is 1. The van der Waals surface area contributed by atoms with Crippen LogP contribution in [0.1, 0.15) is 29.8 Å². The van der Waals surface area contributed by atoms with Gasteiger partial charge in [0.1, 0.15) is 0 Å². The van der Waals surface area contributed by atoms with E-state index in [0.717, 1.165) is 5.56 Å². The molecule has 0 amide bonds. The molecule has 0 saturated heterocycles. The monoisotopic (exact) mass is 301 g/mol. The minimum atomic E-state index is -3.59. The third kappa shape index (κ3) is 4.50. The average Bonchev–Trinajstić information content (AvgIpc) is 2.37. The van der Waals surface area contributed by atoms with E-state index >= 15 is 0 Å². The zero-order chi connectivity index (χ0) is 15.3. The fraction of sp³-hybridized carbons (Fsp3) is 0.462. The first kappa shape index (κ1) is 16.5. The molecule has 0 radical (unpaired) electrons. The lowest BCUT2D eigenvalue weighted by Crippen LogP contribution is -2.26. The van der Waals surface area contributed by atoms with Crippen LogP contribution >= 0.6 is 0 Å². The molecule has 1 aromatic carbocycles. The number of aryl methyl sites for hydroxylation is 1. The van der Waals surface area contributed by atoms with Gasteiger partial charge in [-0.05, 0) is 31.0 Å². The van der Waals surface area contributed by atoms with Crippen molar-refractivity contribution in [2.75, 3.05) is 17.6 Å². The third-order valence-corrected chi connectivity index (χ3v) is 4.30. The van der Waals surface area contributed by atoms with Gasteiger partial charge in [-0.1, -0.05) is 13.0 Å². The molecule has 0 aliphatic rings. The Morgan fingerprint density at radius 1 is 1.45 bits per heavy atom. The molecule has 0 aliphatic carbocycles. The average molecular weight is 301 g/mol. The number of anilines is 1. The highest BCUT2D eigenvalue weighted by molar-refractivity contribution is 7.92. The van der Waals surface area contributed by atoms with Gasteiger partial charge in [-0.2, -0.15) is 0 Å². The van der Waals surface area contributed by atoms with Crippen molar-refractivity contribution in [3.8, 4) is 0 Å². The second-order valence-electron chi connectivity index (χ2n) is 4.46. The van der Waals surface area contributed by atoms with Gasteiger partial charge in [0.05, 0.1) is 23.1 Å². The van der Waals surface area contributed by atoms with Crippen molar-refractivity contribution < 1.29 is 23.1 Å². The van der Waals surface area contributed by atoms with Gasteiger partial charge >= 0.3 is 5.97 Å². The Kier molecular flexibility index (Phi) is 5.52. The maximum atomic E-state index is 12.0. The van der Waals surface area contributed by atoms with Crippen LogP contribution in [0.25, 0.3) is 0 Å². The van der Waals surface area contributed by atoms with Crippen molar-refractivity contribution in [1.82, 2.24) is 0 Å². The Bertz CT molecular complexity index is 582. The summed E-state index contributed by atoms with van der Waals surface area (Å²) >= 11 is 0. The molecule has 6 nitrogen and oxygen atoms in total. The van der Waals surface area contributed by atoms with Crippen LogP contribution in [-0.2, 0) is 21.2 Å². The number of carboxylic acids is 1. The Labute approximate surface area is 118 Å². The summed E-state index contributed by atoms with van der Waals surface area (Å²) < 4.78 is 31.3. The first-order valence-electron chi connectivity index (χ1n) is 6.18. The van der Waals surface area contributed by atoms with Crippen molar-refractivity contribution in [2.24, 2.45) is 0 Å². The number of benzene rings is 1. The smallest absolute Gasteiger partial charge is 0.335 e. The van der Waals surface area contributed by atoms with E-state index in [1.165, 1.54) is 19.2 Å². The van der Waals surface area contributed by atoms with Gasteiger partial charge in [-0.25, -0.2) is 13.2 Å². The first-order valence-corrected chi connectivity index (χ1v) is 7.83. The number of ether oxygens (including phenoxy) is 1. The summed E-state index contributed by atoms with van der Waals surface area (Å²) in [7, 11) is -2.16. The van der Waals surface area contributed by atoms with Crippen LogP contribution in [0.3, 0.4) is 0 Å². The summed E-state index contributed by atoms with van der Waals surface area (Å²) in [6.45, 7) is 3.51. The number of rotatable bonds is 7. The van der Waals surface area contributed by atoms with Crippen LogP contribution in [0.5, 0.6) is 0 Å². The predicted molar refractivity (Wildman–Crippen MR) is 76.7 cm³/mol. The zero-order valence-electron chi connectivity index (χ0n) is 11.7. The van der Waals surface area contributed by atoms with Crippen molar-refractivity contribution in [1.29, 1.82) is 0 Å². The van der Waals surface area contributed by atoms with Gasteiger partial charge in [-0.15, -0.1) is 0 Å². The van der Waals surface area contributed by atoms with Crippen molar-refractivity contribution in [3.05, 3.63) is 29.3 Å². The highest BCUT2D eigenvalue weighted by Gasteiger charge is 2.17. The molecule has 0 aromatic heterocycles. The van der Waals surface area contributed by atoms with Gasteiger partial charge in [0.15, 0.2) is 0 Å². The maximum Gasteiger partial charge on any atom is 0.335 e. The second-order valence-corrected chi connectivity index (χ2v) is 6.23.